The standard InChI is InChI=1S/C34H52N8O6/c1-35-12-6-9-26(31(45)39-14-13-36-2)40-33(47)28-16-21-7-5-8-22(15-21)23-10-11-30(44)24(17-23)18-27(38-4)32(46)42-29(34(48)41-28)19-25(43)20-37-3/h5,7-8,10-11,15,17,25-29,35-38,43-44H,6,9,12-14,16,18-20H2,1-4H3,(H,39,45)(H,40,47)(H,41,48)(H,42,46)/t25-,26+,27+,28+,29+/m1/s1. The molecule has 0 saturated carbocycles. The lowest BCUT2D eigenvalue weighted by Crippen LogP contribution is -2.59. The molecule has 14 nitrogen and oxygen atoms in total. The van der Waals surface area contributed by atoms with Crippen molar-refractivity contribution >= 4 is 23.6 Å². The average molecular weight is 669 g/mol. The summed E-state index contributed by atoms with van der Waals surface area (Å²) in [7, 11) is 6.85. The third-order valence-electron chi connectivity index (χ3n) is 8.31. The maximum Gasteiger partial charge on any atom is 0.243 e. The Morgan fingerprint density at radius 2 is 1.65 bits per heavy atom. The molecule has 2 aromatic rings. The largest absolute Gasteiger partial charge is 0.508 e. The Kier molecular flexibility index (Phi) is 15.7. The number of aliphatic hydroxyl groups is 1. The number of hydrogen-bond acceptors (Lipinski definition) is 10. The highest BCUT2D eigenvalue weighted by Crippen LogP contribution is 2.28. The maximum atomic E-state index is 14.0. The zero-order valence-electron chi connectivity index (χ0n) is 28.3. The van der Waals surface area contributed by atoms with Gasteiger partial charge >= 0.3 is 0 Å². The van der Waals surface area contributed by atoms with E-state index < -0.39 is 48.0 Å². The van der Waals surface area contributed by atoms with E-state index >= 15 is 0 Å². The lowest BCUT2D eigenvalue weighted by molar-refractivity contribution is -0.134. The van der Waals surface area contributed by atoms with Crippen molar-refractivity contribution in [2.45, 2.75) is 62.4 Å². The van der Waals surface area contributed by atoms with Crippen LogP contribution in [0, 0.1) is 0 Å². The number of aliphatic hydroxyl groups excluding tert-OH is 1. The van der Waals surface area contributed by atoms with E-state index in [1.165, 1.54) is 0 Å². The van der Waals surface area contributed by atoms with Crippen LogP contribution in [0.4, 0.5) is 0 Å². The van der Waals surface area contributed by atoms with Crippen molar-refractivity contribution in [2.75, 3.05) is 54.4 Å². The summed E-state index contributed by atoms with van der Waals surface area (Å²) in [4.78, 5) is 54.5. The number of hydrogen-bond donors (Lipinski definition) is 10. The summed E-state index contributed by atoms with van der Waals surface area (Å²) in [6.45, 7) is 1.75. The van der Waals surface area contributed by atoms with Crippen molar-refractivity contribution in [3.8, 4) is 16.9 Å². The Bertz CT molecular complexity index is 1370. The van der Waals surface area contributed by atoms with Crippen molar-refractivity contribution in [1.29, 1.82) is 0 Å². The quantitative estimate of drug-likeness (QED) is 0.0996. The Hall–Kier alpha value is -4.08. The second-order valence-electron chi connectivity index (χ2n) is 12.1. The van der Waals surface area contributed by atoms with E-state index in [1.807, 2.05) is 37.4 Å². The molecule has 0 aliphatic carbocycles. The van der Waals surface area contributed by atoms with Gasteiger partial charge in [-0.25, -0.2) is 0 Å². The number of benzene rings is 2. The van der Waals surface area contributed by atoms with Crippen molar-refractivity contribution in [2.24, 2.45) is 0 Å². The second-order valence-corrected chi connectivity index (χ2v) is 12.1. The molecule has 4 bridgehead atoms. The molecule has 0 fully saturated rings. The lowest BCUT2D eigenvalue weighted by atomic mass is 9.95. The van der Waals surface area contributed by atoms with Gasteiger partial charge < -0.3 is 52.7 Å². The fourth-order valence-corrected chi connectivity index (χ4v) is 5.62. The number of aromatic hydroxyl groups is 1. The minimum absolute atomic E-state index is 0.0296. The number of amides is 4. The van der Waals surface area contributed by atoms with Gasteiger partial charge in [0.1, 0.15) is 23.9 Å². The number of carbonyl (C=O) groups excluding carboxylic acids is 4. The van der Waals surface area contributed by atoms with Crippen LogP contribution >= 0.6 is 0 Å². The first kappa shape index (κ1) is 38.4. The molecule has 1 aliphatic rings. The number of rotatable bonds is 15. The summed E-state index contributed by atoms with van der Waals surface area (Å²) in [5.74, 6) is -2.03. The predicted octanol–water partition coefficient (Wildman–Crippen LogP) is -1.49. The van der Waals surface area contributed by atoms with Gasteiger partial charge in [0, 0.05) is 38.9 Å². The molecule has 2 aromatic carbocycles. The highest BCUT2D eigenvalue weighted by atomic mass is 16.3. The average Bonchev–Trinajstić information content (AvgIpc) is 3.06. The van der Waals surface area contributed by atoms with Crippen LogP contribution in [0.3, 0.4) is 0 Å². The Morgan fingerprint density at radius 1 is 0.896 bits per heavy atom. The number of phenols is 1. The number of phenolic OH excluding ortho intramolecular Hbond substituents is 1. The van der Waals surface area contributed by atoms with Crippen LogP contribution in [0.2, 0.25) is 0 Å². The molecule has 1 heterocycles. The maximum absolute atomic E-state index is 14.0. The monoisotopic (exact) mass is 668 g/mol. The van der Waals surface area contributed by atoms with Crippen LogP contribution in [0.5, 0.6) is 5.75 Å². The minimum atomic E-state index is -1.19. The number of fused-ring (bicyclic) bond motifs is 5. The topological polar surface area (TPSA) is 205 Å². The zero-order chi connectivity index (χ0) is 35.1. The highest BCUT2D eigenvalue weighted by molar-refractivity contribution is 5.95. The van der Waals surface area contributed by atoms with Gasteiger partial charge in [0.15, 0.2) is 0 Å². The summed E-state index contributed by atoms with van der Waals surface area (Å²) in [5.41, 5.74) is 2.90. The Labute approximate surface area is 282 Å². The number of nitrogens with one attached hydrogen (secondary N) is 8. The first-order chi connectivity index (χ1) is 23.1. The summed E-state index contributed by atoms with van der Waals surface area (Å²) in [6.07, 6.45) is 0.102. The van der Waals surface area contributed by atoms with Crippen molar-refractivity contribution < 1.29 is 29.4 Å². The summed E-state index contributed by atoms with van der Waals surface area (Å²) < 4.78 is 0. The van der Waals surface area contributed by atoms with Crippen molar-refractivity contribution in [1.82, 2.24) is 42.5 Å². The normalized spacial score (nSPS) is 19.6. The summed E-state index contributed by atoms with van der Waals surface area (Å²) in [6, 6.07) is 8.69. The van der Waals surface area contributed by atoms with E-state index in [-0.39, 0.29) is 37.5 Å². The first-order valence-electron chi connectivity index (χ1n) is 16.5. The Balaban J connectivity index is 2.03. The van der Waals surface area contributed by atoms with Gasteiger partial charge in [-0.2, -0.15) is 0 Å². The van der Waals surface area contributed by atoms with Crippen molar-refractivity contribution in [3.05, 3.63) is 53.6 Å². The van der Waals surface area contributed by atoms with Gasteiger partial charge in [0.2, 0.25) is 23.6 Å². The molecule has 264 valence electrons. The van der Waals surface area contributed by atoms with Crippen LogP contribution in [-0.4, -0.2) is 118 Å². The van der Waals surface area contributed by atoms with Crippen LogP contribution in [0.25, 0.3) is 11.1 Å². The molecule has 0 radical (unpaired) electrons. The molecule has 10 N–H and O–H groups in total. The first-order valence-corrected chi connectivity index (χ1v) is 16.5. The molecule has 4 amide bonds. The molecule has 0 saturated heterocycles. The van der Waals surface area contributed by atoms with E-state index in [1.54, 1.807) is 33.3 Å². The third-order valence-corrected chi connectivity index (χ3v) is 8.31. The highest BCUT2D eigenvalue weighted by Gasteiger charge is 2.32. The SMILES string of the molecule is CNCCC[C@H](NC(=O)[C@@H]1Cc2cccc(c2)-c2ccc(O)c(c2)C[C@H](NC)C(=O)N[C@@H](C[C@@H](O)CNC)C(=O)N1)C(=O)NCCNC. The smallest absolute Gasteiger partial charge is 0.243 e. The fourth-order valence-electron chi connectivity index (χ4n) is 5.62. The molecular weight excluding hydrogens is 616 g/mol. The van der Waals surface area contributed by atoms with Gasteiger partial charge in [-0.1, -0.05) is 30.3 Å². The van der Waals surface area contributed by atoms with Gasteiger partial charge in [0.25, 0.3) is 0 Å². The number of likely N-dealkylation sites (N-methyl/N-ethyl adjacent to an activating group) is 3. The minimum Gasteiger partial charge on any atom is -0.508 e. The van der Waals surface area contributed by atoms with Crippen LogP contribution in [-0.2, 0) is 32.0 Å². The van der Waals surface area contributed by atoms with Gasteiger partial charge in [0.05, 0.1) is 12.1 Å². The molecule has 0 spiro atoms. The fraction of sp³-hybridized carbons (Fsp3) is 0.529. The summed E-state index contributed by atoms with van der Waals surface area (Å²) in [5, 5.41) is 44.4. The van der Waals surface area contributed by atoms with Gasteiger partial charge in [-0.05, 0) is 82.0 Å². The van der Waals surface area contributed by atoms with Crippen LogP contribution in [0.1, 0.15) is 30.4 Å². The van der Waals surface area contributed by atoms with Crippen molar-refractivity contribution in [3.63, 3.8) is 0 Å². The Morgan fingerprint density at radius 3 is 2.35 bits per heavy atom. The second kappa shape index (κ2) is 19.7. The van der Waals surface area contributed by atoms with E-state index in [9.17, 15) is 29.4 Å². The molecule has 1 aliphatic heterocycles. The molecule has 0 aromatic heterocycles. The molecule has 5 atom stereocenters. The van der Waals surface area contributed by atoms with Gasteiger partial charge in [-0.15, -0.1) is 0 Å². The number of carbonyl (C=O) groups is 4. The molecule has 48 heavy (non-hydrogen) atoms. The zero-order valence-corrected chi connectivity index (χ0v) is 28.3. The lowest BCUT2D eigenvalue weighted by Gasteiger charge is -2.27. The molecule has 0 unspecified atom stereocenters. The van der Waals surface area contributed by atoms with Crippen LogP contribution < -0.4 is 42.5 Å². The molecular formula is C34H52N8O6. The van der Waals surface area contributed by atoms with E-state index in [2.05, 4.69) is 42.5 Å². The van der Waals surface area contributed by atoms with E-state index in [4.69, 9.17) is 0 Å². The van der Waals surface area contributed by atoms with E-state index in [0.29, 0.717) is 38.0 Å². The summed E-state index contributed by atoms with van der Waals surface area (Å²) >= 11 is 0. The van der Waals surface area contributed by atoms with Crippen LogP contribution in [0.15, 0.2) is 42.5 Å². The predicted molar refractivity (Wildman–Crippen MR) is 184 cm³/mol. The molecule has 3 rings (SSSR count). The van der Waals surface area contributed by atoms with E-state index in [0.717, 1.165) is 16.7 Å². The third kappa shape index (κ3) is 11.6. The molecule has 14 heteroatoms. The van der Waals surface area contributed by atoms with Gasteiger partial charge in [-0.3, -0.25) is 19.2 Å².